The third-order valence-electron chi connectivity index (χ3n) is 5.57. The number of imide groups is 1. The predicted octanol–water partition coefficient (Wildman–Crippen LogP) is 5.59. The number of aryl methyl sites for hydroxylation is 1. The number of thioether (sulfide) groups is 1. The van der Waals surface area contributed by atoms with E-state index in [1.54, 1.807) is 4.90 Å². The fourth-order valence-corrected chi connectivity index (χ4v) is 5.07. The van der Waals surface area contributed by atoms with Gasteiger partial charge in [-0.3, -0.25) is 14.5 Å². The van der Waals surface area contributed by atoms with Crippen molar-refractivity contribution in [3.05, 3.63) is 70.6 Å². The zero-order chi connectivity index (χ0) is 19.5. The Morgan fingerprint density at radius 3 is 2.11 bits per heavy atom. The summed E-state index contributed by atoms with van der Waals surface area (Å²) in [6.45, 7) is 2.03. The van der Waals surface area contributed by atoms with Crippen LogP contribution >= 0.6 is 11.8 Å². The number of benzene rings is 2. The average molecular weight is 392 g/mol. The maximum atomic E-state index is 13.4. The Morgan fingerprint density at radius 2 is 1.46 bits per heavy atom. The maximum Gasteiger partial charge on any atom is 0.268 e. The minimum atomic E-state index is -0.126. The lowest BCUT2D eigenvalue weighted by Crippen LogP contribution is -2.40. The van der Waals surface area contributed by atoms with Gasteiger partial charge in [0.15, 0.2) is 0 Å². The molecular formula is C24H25NO2S. The Morgan fingerprint density at radius 1 is 0.821 bits per heavy atom. The molecule has 2 aromatic carbocycles. The number of amides is 2. The molecule has 144 valence electrons. The molecule has 4 rings (SSSR count). The van der Waals surface area contributed by atoms with E-state index in [9.17, 15) is 9.59 Å². The molecule has 0 atom stereocenters. The van der Waals surface area contributed by atoms with Gasteiger partial charge in [-0.2, -0.15) is 0 Å². The molecule has 1 fully saturated rings. The molecular weight excluding hydrogens is 366 g/mol. The van der Waals surface area contributed by atoms with Crippen molar-refractivity contribution in [2.24, 2.45) is 0 Å². The van der Waals surface area contributed by atoms with E-state index in [1.807, 2.05) is 61.5 Å². The van der Waals surface area contributed by atoms with Crippen LogP contribution in [0.5, 0.6) is 0 Å². The highest BCUT2D eigenvalue weighted by atomic mass is 32.2. The topological polar surface area (TPSA) is 37.4 Å². The van der Waals surface area contributed by atoms with Crippen LogP contribution in [0.3, 0.4) is 0 Å². The van der Waals surface area contributed by atoms with Crippen molar-refractivity contribution in [1.82, 2.24) is 4.90 Å². The van der Waals surface area contributed by atoms with Gasteiger partial charge in [-0.05, 0) is 37.5 Å². The first-order valence-corrected chi connectivity index (χ1v) is 10.9. The van der Waals surface area contributed by atoms with E-state index >= 15 is 0 Å². The van der Waals surface area contributed by atoms with E-state index in [2.05, 4.69) is 0 Å². The van der Waals surface area contributed by atoms with Gasteiger partial charge in [-0.25, -0.2) is 0 Å². The normalized spacial score (nSPS) is 18.7. The van der Waals surface area contributed by atoms with Crippen LogP contribution in [-0.4, -0.2) is 22.8 Å². The first-order valence-electron chi connectivity index (χ1n) is 10.1. The van der Waals surface area contributed by atoms with Crippen molar-refractivity contribution in [2.45, 2.75) is 56.4 Å². The third kappa shape index (κ3) is 3.79. The van der Waals surface area contributed by atoms with Crippen LogP contribution in [0.4, 0.5) is 0 Å². The minimum Gasteiger partial charge on any atom is -0.271 e. The Balaban J connectivity index is 1.74. The van der Waals surface area contributed by atoms with Gasteiger partial charge >= 0.3 is 0 Å². The molecule has 1 aliphatic carbocycles. The largest absolute Gasteiger partial charge is 0.271 e. The molecule has 2 aliphatic rings. The van der Waals surface area contributed by atoms with Crippen LogP contribution in [0.1, 0.15) is 49.7 Å². The van der Waals surface area contributed by atoms with Crippen LogP contribution < -0.4 is 0 Å². The van der Waals surface area contributed by atoms with E-state index in [0.29, 0.717) is 10.5 Å². The number of hydrogen-bond donors (Lipinski definition) is 0. The standard InChI is InChI=1S/C24H25NO2S/c1-17-13-15-18(16-14-17)21-22(28-20-11-7-4-8-12-20)24(27)25(23(21)26)19-9-5-2-3-6-10-19/h4,7-8,11-16,19H,2-3,5-6,9-10H2,1H3. The lowest BCUT2D eigenvalue weighted by atomic mass is 10.0. The van der Waals surface area contributed by atoms with Gasteiger partial charge in [0.2, 0.25) is 0 Å². The summed E-state index contributed by atoms with van der Waals surface area (Å²) in [5.74, 6) is -0.250. The fourth-order valence-electron chi connectivity index (χ4n) is 4.05. The van der Waals surface area contributed by atoms with E-state index in [4.69, 9.17) is 0 Å². The molecule has 1 heterocycles. The zero-order valence-corrected chi connectivity index (χ0v) is 17.0. The van der Waals surface area contributed by atoms with Gasteiger partial charge in [0.1, 0.15) is 0 Å². The molecule has 2 amide bonds. The lowest BCUT2D eigenvalue weighted by molar-refractivity contribution is -0.139. The number of nitrogens with zero attached hydrogens (tertiary/aromatic N) is 1. The molecule has 0 saturated heterocycles. The summed E-state index contributed by atoms with van der Waals surface area (Å²) < 4.78 is 0. The molecule has 1 aliphatic heterocycles. The summed E-state index contributed by atoms with van der Waals surface area (Å²) >= 11 is 1.41. The minimum absolute atomic E-state index is 0.0248. The van der Waals surface area contributed by atoms with Crippen molar-refractivity contribution >= 4 is 29.1 Å². The van der Waals surface area contributed by atoms with Crippen LogP contribution in [0, 0.1) is 6.92 Å². The first-order chi connectivity index (χ1) is 13.6. The quantitative estimate of drug-likeness (QED) is 0.504. The van der Waals surface area contributed by atoms with Crippen molar-refractivity contribution in [2.75, 3.05) is 0 Å². The average Bonchev–Trinajstić information content (AvgIpc) is 2.88. The number of carbonyl (C=O) groups is 2. The smallest absolute Gasteiger partial charge is 0.268 e. The lowest BCUT2D eigenvalue weighted by Gasteiger charge is -2.25. The highest BCUT2D eigenvalue weighted by Crippen LogP contribution is 2.41. The first kappa shape index (κ1) is 19.0. The number of carbonyl (C=O) groups excluding carboxylic acids is 2. The monoisotopic (exact) mass is 391 g/mol. The van der Waals surface area contributed by atoms with Crippen molar-refractivity contribution < 1.29 is 9.59 Å². The van der Waals surface area contributed by atoms with Crippen molar-refractivity contribution in [3.63, 3.8) is 0 Å². The number of hydrogen-bond acceptors (Lipinski definition) is 3. The Hall–Kier alpha value is -2.33. The van der Waals surface area contributed by atoms with E-state index in [-0.39, 0.29) is 17.9 Å². The third-order valence-corrected chi connectivity index (χ3v) is 6.66. The molecule has 2 aromatic rings. The summed E-state index contributed by atoms with van der Waals surface area (Å²) in [4.78, 5) is 30.0. The summed E-state index contributed by atoms with van der Waals surface area (Å²) in [6.07, 6.45) is 6.39. The molecule has 0 radical (unpaired) electrons. The van der Waals surface area contributed by atoms with Gasteiger partial charge in [-0.15, -0.1) is 0 Å². The van der Waals surface area contributed by atoms with Crippen LogP contribution in [0.2, 0.25) is 0 Å². The van der Waals surface area contributed by atoms with Gasteiger partial charge in [0.05, 0.1) is 10.5 Å². The molecule has 0 spiro atoms. The molecule has 28 heavy (non-hydrogen) atoms. The summed E-state index contributed by atoms with van der Waals surface area (Å²) in [7, 11) is 0. The van der Waals surface area contributed by atoms with Gasteiger partial charge < -0.3 is 0 Å². The zero-order valence-electron chi connectivity index (χ0n) is 16.2. The Bertz CT molecular complexity index is 894. The number of rotatable bonds is 4. The summed E-state index contributed by atoms with van der Waals surface area (Å²) in [6, 6.07) is 17.8. The second-order valence-corrected chi connectivity index (χ2v) is 8.69. The fraction of sp³-hybridized carbons (Fsp3) is 0.333. The summed E-state index contributed by atoms with van der Waals surface area (Å²) in [5.41, 5.74) is 2.53. The van der Waals surface area contributed by atoms with Crippen molar-refractivity contribution in [1.29, 1.82) is 0 Å². The molecule has 1 saturated carbocycles. The Kier molecular flexibility index (Phi) is 5.67. The predicted molar refractivity (Wildman–Crippen MR) is 114 cm³/mol. The van der Waals surface area contributed by atoms with E-state index in [1.165, 1.54) is 24.6 Å². The van der Waals surface area contributed by atoms with Crippen molar-refractivity contribution in [3.8, 4) is 0 Å². The molecule has 0 bridgehead atoms. The van der Waals surface area contributed by atoms with E-state index in [0.717, 1.165) is 41.7 Å². The second-order valence-electron chi connectivity index (χ2n) is 7.61. The molecule has 4 heteroatoms. The highest BCUT2D eigenvalue weighted by molar-refractivity contribution is 8.04. The van der Waals surface area contributed by atoms with Gasteiger partial charge in [0.25, 0.3) is 11.8 Å². The van der Waals surface area contributed by atoms with Gasteiger partial charge in [-0.1, -0.05) is 85.5 Å². The van der Waals surface area contributed by atoms with Crippen LogP contribution in [0.25, 0.3) is 5.57 Å². The Labute approximate surface area is 170 Å². The van der Waals surface area contributed by atoms with E-state index < -0.39 is 0 Å². The maximum absolute atomic E-state index is 13.4. The summed E-state index contributed by atoms with van der Waals surface area (Å²) in [5, 5.41) is 0. The molecule has 0 N–H and O–H groups in total. The van der Waals surface area contributed by atoms with Crippen LogP contribution in [-0.2, 0) is 9.59 Å². The second kappa shape index (κ2) is 8.36. The van der Waals surface area contributed by atoms with Crippen LogP contribution in [0.15, 0.2) is 64.4 Å². The molecule has 0 aromatic heterocycles. The molecule has 0 unspecified atom stereocenters. The molecule has 3 nitrogen and oxygen atoms in total. The SMILES string of the molecule is Cc1ccc(C2=C(Sc3ccccc3)C(=O)N(C3CCCCCC3)C2=O)cc1. The highest BCUT2D eigenvalue weighted by Gasteiger charge is 2.42. The van der Waals surface area contributed by atoms with Gasteiger partial charge in [0, 0.05) is 10.9 Å².